The van der Waals surface area contributed by atoms with Crippen LogP contribution in [0.3, 0.4) is 0 Å². The Kier molecular flexibility index (Phi) is 5.36. The summed E-state index contributed by atoms with van der Waals surface area (Å²) >= 11 is 0. The fraction of sp³-hybridized carbons (Fsp3) is 0.241. The number of anilines is 1. The number of aryl methyl sites for hydroxylation is 1. The van der Waals surface area contributed by atoms with Gasteiger partial charge in [-0.2, -0.15) is 13.2 Å². The first-order valence-electron chi connectivity index (χ1n) is 11.5. The third-order valence-corrected chi connectivity index (χ3v) is 6.54. The van der Waals surface area contributed by atoms with Crippen LogP contribution in [0.4, 0.5) is 18.9 Å². The molecule has 0 radical (unpaired) electrons. The van der Waals surface area contributed by atoms with E-state index < -0.39 is 11.7 Å². The Hall–Kier alpha value is -3.87. The molecule has 0 aliphatic carbocycles. The fourth-order valence-electron chi connectivity index (χ4n) is 5.13. The molecule has 3 aromatic rings. The van der Waals surface area contributed by atoms with E-state index in [9.17, 15) is 18.3 Å². The minimum Gasteiger partial charge on any atom is -0.504 e. The van der Waals surface area contributed by atoms with Crippen molar-refractivity contribution in [1.29, 1.82) is 0 Å². The maximum absolute atomic E-state index is 13.6. The predicted molar refractivity (Wildman–Crippen MR) is 136 cm³/mol. The van der Waals surface area contributed by atoms with E-state index >= 15 is 0 Å². The van der Waals surface area contributed by atoms with Crippen LogP contribution in [0.25, 0.3) is 28.5 Å². The van der Waals surface area contributed by atoms with Crippen molar-refractivity contribution >= 4 is 23.1 Å². The van der Waals surface area contributed by atoms with Crippen LogP contribution in [0, 0.1) is 6.92 Å². The molecule has 0 unspecified atom stereocenters. The summed E-state index contributed by atoms with van der Waals surface area (Å²) in [5.74, 6) is 1.09. The first kappa shape index (κ1) is 23.9. The monoisotopic (exact) mass is 493 g/mol. The molecular weight excluding hydrogens is 467 g/mol. The smallest absolute Gasteiger partial charge is 0.416 e. The molecule has 0 aromatic heterocycles. The lowest BCUT2D eigenvalue weighted by atomic mass is 9.82. The van der Waals surface area contributed by atoms with Gasteiger partial charge in [0.2, 0.25) is 0 Å². The number of allylic oxidation sites excluding steroid dienone is 1. The average molecular weight is 494 g/mol. The maximum atomic E-state index is 13.6. The second-order valence-corrected chi connectivity index (χ2v) is 9.76. The zero-order valence-electron chi connectivity index (χ0n) is 20.6. The van der Waals surface area contributed by atoms with Gasteiger partial charge in [-0.25, -0.2) is 0 Å². The Bertz CT molecular complexity index is 1470. The van der Waals surface area contributed by atoms with Gasteiger partial charge in [-0.3, -0.25) is 0 Å². The lowest BCUT2D eigenvalue weighted by Crippen LogP contribution is -2.32. The van der Waals surface area contributed by atoms with Crippen LogP contribution in [0.15, 0.2) is 48.5 Å². The number of hydrogen-bond acceptors (Lipinski definition) is 4. The SMILES string of the molecule is COc1c(O)ccc2c1-c1ccc3c(c1C(=Cc1ccc(C)c(C(F)(F)F)c1)O2)C(C)=CC(C)(C)N3. The minimum atomic E-state index is -4.46. The van der Waals surface area contributed by atoms with E-state index in [0.29, 0.717) is 22.6 Å². The Morgan fingerprint density at radius 3 is 2.44 bits per heavy atom. The van der Waals surface area contributed by atoms with E-state index in [-0.39, 0.29) is 22.6 Å². The summed E-state index contributed by atoms with van der Waals surface area (Å²) in [4.78, 5) is 0. The third-order valence-electron chi connectivity index (χ3n) is 6.54. The summed E-state index contributed by atoms with van der Waals surface area (Å²) in [6.45, 7) is 7.57. The Morgan fingerprint density at radius 1 is 1.00 bits per heavy atom. The number of alkyl halides is 3. The van der Waals surface area contributed by atoms with Gasteiger partial charge < -0.3 is 19.9 Å². The van der Waals surface area contributed by atoms with Crippen molar-refractivity contribution in [2.75, 3.05) is 12.4 Å². The normalized spacial score (nSPS) is 16.8. The molecule has 0 bridgehead atoms. The van der Waals surface area contributed by atoms with Crippen molar-refractivity contribution in [3.8, 4) is 28.4 Å². The zero-order valence-corrected chi connectivity index (χ0v) is 20.6. The summed E-state index contributed by atoms with van der Waals surface area (Å²) in [5, 5.41) is 14.0. The van der Waals surface area contributed by atoms with Crippen LogP contribution >= 0.6 is 0 Å². The van der Waals surface area contributed by atoms with Crippen molar-refractivity contribution < 1.29 is 27.8 Å². The topological polar surface area (TPSA) is 50.7 Å². The van der Waals surface area contributed by atoms with Crippen LogP contribution < -0.4 is 14.8 Å². The van der Waals surface area contributed by atoms with Crippen molar-refractivity contribution in [3.63, 3.8) is 0 Å². The van der Waals surface area contributed by atoms with E-state index in [1.165, 1.54) is 26.2 Å². The summed E-state index contributed by atoms with van der Waals surface area (Å²) in [6, 6.07) is 11.2. The fourth-order valence-corrected chi connectivity index (χ4v) is 5.13. The van der Waals surface area contributed by atoms with Crippen molar-refractivity contribution in [2.45, 2.75) is 39.4 Å². The first-order chi connectivity index (χ1) is 16.9. The van der Waals surface area contributed by atoms with Crippen LogP contribution in [0.5, 0.6) is 17.2 Å². The highest BCUT2D eigenvalue weighted by Crippen LogP contribution is 2.54. The van der Waals surface area contributed by atoms with Gasteiger partial charge in [0, 0.05) is 22.4 Å². The lowest BCUT2D eigenvalue weighted by Gasteiger charge is -2.35. The van der Waals surface area contributed by atoms with Crippen molar-refractivity contribution in [2.24, 2.45) is 0 Å². The van der Waals surface area contributed by atoms with Gasteiger partial charge in [0.15, 0.2) is 11.5 Å². The summed E-state index contributed by atoms with van der Waals surface area (Å²) in [5.41, 5.74) is 4.39. The lowest BCUT2D eigenvalue weighted by molar-refractivity contribution is -0.138. The van der Waals surface area contributed by atoms with Crippen LogP contribution in [-0.4, -0.2) is 17.8 Å². The van der Waals surface area contributed by atoms with Crippen LogP contribution in [0.2, 0.25) is 0 Å². The highest BCUT2D eigenvalue weighted by Gasteiger charge is 2.35. The molecule has 36 heavy (non-hydrogen) atoms. The van der Waals surface area contributed by atoms with Gasteiger partial charge in [-0.15, -0.1) is 0 Å². The first-order valence-corrected chi connectivity index (χ1v) is 11.5. The largest absolute Gasteiger partial charge is 0.504 e. The Balaban J connectivity index is 1.81. The molecule has 4 nitrogen and oxygen atoms in total. The van der Waals surface area contributed by atoms with Crippen molar-refractivity contribution in [1.82, 2.24) is 0 Å². The number of aromatic hydroxyl groups is 1. The molecule has 5 rings (SSSR count). The van der Waals surface area contributed by atoms with Crippen LogP contribution in [-0.2, 0) is 6.18 Å². The highest BCUT2D eigenvalue weighted by atomic mass is 19.4. The number of benzene rings is 3. The molecule has 0 fully saturated rings. The molecule has 2 aliphatic rings. The second-order valence-electron chi connectivity index (χ2n) is 9.76. The van der Waals surface area contributed by atoms with E-state index in [0.717, 1.165) is 34.0 Å². The number of phenolic OH excluding ortho intramolecular Hbond substituents is 1. The van der Waals surface area contributed by atoms with Gasteiger partial charge >= 0.3 is 6.18 Å². The molecule has 2 N–H and O–H groups in total. The van der Waals surface area contributed by atoms with Gasteiger partial charge in [-0.1, -0.05) is 24.3 Å². The van der Waals surface area contributed by atoms with E-state index in [4.69, 9.17) is 9.47 Å². The third kappa shape index (κ3) is 3.88. The van der Waals surface area contributed by atoms with Crippen LogP contribution in [0.1, 0.15) is 48.6 Å². The number of phenols is 1. The molecule has 0 saturated carbocycles. The molecule has 0 spiro atoms. The summed E-state index contributed by atoms with van der Waals surface area (Å²) in [7, 11) is 1.47. The molecular formula is C29H26F3NO3. The molecule has 0 saturated heterocycles. The molecule has 7 heteroatoms. The Morgan fingerprint density at radius 2 is 1.75 bits per heavy atom. The number of rotatable bonds is 2. The quantitative estimate of drug-likeness (QED) is 0.381. The second kappa shape index (κ2) is 8.08. The molecule has 186 valence electrons. The van der Waals surface area contributed by atoms with Gasteiger partial charge in [0.1, 0.15) is 11.5 Å². The summed E-state index contributed by atoms with van der Waals surface area (Å²) in [6.07, 6.45) is -0.728. The molecule has 0 amide bonds. The minimum absolute atomic E-state index is 0.0316. The number of ether oxygens (including phenoxy) is 2. The number of nitrogens with one attached hydrogen (secondary N) is 1. The molecule has 2 aliphatic heterocycles. The number of hydrogen-bond donors (Lipinski definition) is 2. The Labute approximate surface area is 207 Å². The zero-order chi connectivity index (χ0) is 26.0. The van der Waals surface area contributed by atoms with Crippen molar-refractivity contribution in [3.05, 3.63) is 76.4 Å². The van der Waals surface area contributed by atoms with E-state index in [2.05, 4.69) is 25.2 Å². The van der Waals surface area contributed by atoms with Gasteiger partial charge in [0.05, 0.1) is 23.8 Å². The number of halogens is 3. The van der Waals surface area contributed by atoms with Gasteiger partial charge in [-0.05, 0) is 74.7 Å². The number of fused-ring (bicyclic) bond motifs is 5. The van der Waals surface area contributed by atoms with E-state index in [1.54, 1.807) is 18.2 Å². The maximum Gasteiger partial charge on any atom is 0.416 e. The summed E-state index contributed by atoms with van der Waals surface area (Å²) < 4.78 is 52.7. The molecule has 3 aromatic carbocycles. The predicted octanol–water partition coefficient (Wildman–Crippen LogP) is 7.89. The van der Waals surface area contributed by atoms with Gasteiger partial charge in [0.25, 0.3) is 0 Å². The van der Waals surface area contributed by atoms with E-state index in [1.807, 2.05) is 19.1 Å². The standard InChI is InChI=1S/C29H26F3NO3/c1-15-6-7-17(12-19(15)29(30,31)32)13-23-25-18(26-22(36-23)11-10-21(34)27(26)35-5)8-9-20-24(25)16(2)14-28(3,4)33-20/h6-14,33-34H,1-5H3. The molecule has 2 heterocycles. The molecule has 0 atom stereocenters. The number of methoxy groups -OCH3 is 1. The highest BCUT2D eigenvalue weighted by molar-refractivity contribution is 6.02. The average Bonchev–Trinajstić information content (AvgIpc) is 2.78.